The van der Waals surface area contributed by atoms with Crippen molar-refractivity contribution in [2.75, 3.05) is 18.0 Å². The van der Waals surface area contributed by atoms with Crippen molar-refractivity contribution in [1.29, 1.82) is 0 Å². The lowest BCUT2D eigenvalue weighted by Gasteiger charge is -2.39. The number of hydrogen-bond donors (Lipinski definition) is 0. The number of alkyl halides is 3. The van der Waals surface area contributed by atoms with E-state index in [0.717, 1.165) is 75.7 Å². The molecule has 2 aromatic rings. The van der Waals surface area contributed by atoms with Crippen LogP contribution in [0.15, 0.2) is 16.9 Å². The van der Waals surface area contributed by atoms with E-state index >= 15 is 0 Å². The summed E-state index contributed by atoms with van der Waals surface area (Å²) in [6.07, 6.45) is 3.79. The number of anilines is 1. The lowest BCUT2D eigenvalue weighted by molar-refractivity contribution is -0.141. The van der Waals surface area contributed by atoms with Gasteiger partial charge < -0.3 is 9.42 Å². The Morgan fingerprint density at radius 3 is 2.40 bits per heavy atom. The van der Waals surface area contributed by atoms with E-state index in [1.807, 2.05) is 0 Å². The molecule has 1 aliphatic heterocycles. The summed E-state index contributed by atoms with van der Waals surface area (Å²) in [5, 5.41) is 4.12. The van der Waals surface area contributed by atoms with Gasteiger partial charge in [0.05, 0.1) is 6.54 Å². The Morgan fingerprint density at radius 2 is 1.77 bits per heavy atom. The molecule has 0 N–H and O–H groups in total. The van der Waals surface area contributed by atoms with Crippen LogP contribution >= 0.6 is 0 Å². The summed E-state index contributed by atoms with van der Waals surface area (Å²) in [7, 11) is 0. The van der Waals surface area contributed by atoms with Crippen LogP contribution in [0.25, 0.3) is 0 Å². The van der Waals surface area contributed by atoms with E-state index in [4.69, 9.17) is 4.52 Å². The normalized spacial score (nSPS) is 21.6. The van der Waals surface area contributed by atoms with Gasteiger partial charge in [0.1, 0.15) is 17.8 Å². The van der Waals surface area contributed by atoms with E-state index in [2.05, 4.69) is 29.9 Å². The van der Waals surface area contributed by atoms with Gasteiger partial charge in [0, 0.05) is 37.2 Å². The number of rotatable bonds is 6. The third-order valence-corrected chi connectivity index (χ3v) is 6.40. The molecule has 3 fully saturated rings. The zero-order valence-corrected chi connectivity index (χ0v) is 16.7. The second-order valence-electron chi connectivity index (χ2n) is 8.58. The Labute approximate surface area is 172 Å². The van der Waals surface area contributed by atoms with Crippen molar-refractivity contribution in [2.24, 2.45) is 0 Å². The molecule has 0 aromatic carbocycles. The molecular weight excluding hydrogens is 397 g/mol. The van der Waals surface area contributed by atoms with Crippen LogP contribution in [0.4, 0.5) is 19.0 Å². The van der Waals surface area contributed by atoms with Gasteiger partial charge in [0.2, 0.25) is 5.89 Å². The molecular formula is C20H25F3N6O. The maximum atomic E-state index is 13.1. The van der Waals surface area contributed by atoms with Crippen LogP contribution in [-0.2, 0) is 12.7 Å². The minimum atomic E-state index is -4.46. The average Bonchev–Trinajstić information content (AvgIpc) is 3.41. The molecule has 2 saturated carbocycles. The number of hydrogen-bond acceptors (Lipinski definition) is 7. The minimum Gasteiger partial charge on any atom is -0.350 e. The summed E-state index contributed by atoms with van der Waals surface area (Å²) in [4.78, 5) is 16.5. The zero-order valence-electron chi connectivity index (χ0n) is 16.7. The average molecular weight is 422 g/mol. The van der Waals surface area contributed by atoms with Gasteiger partial charge in [-0.25, -0.2) is 9.97 Å². The van der Waals surface area contributed by atoms with Crippen LogP contribution in [0.2, 0.25) is 0 Å². The first-order valence-corrected chi connectivity index (χ1v) is 10.7. The fourth-order valence-electron chi connectivity index (χ4n) is 4.38. The van der Waals surface area contributed by atoms with E-state index in [1.54, 1.807) is 0 Å². The molecule has 0 unspecified atom stereocenters. The fourth-order valence-corrected chi connectivity index (χ4v) is 4.38. The molecule has 7 nitrogen and oxygen atoms in total. The van der Waals surface area contributed by atoms with E-state index in [0.29, 0.717) is 18.3 Å². The van der Waals surface area contributed by atoms with Crippen molar-refractivity contribution in [1.82, 2.24) is 25.0 Å². The van der Waals surface area contributed by atoms with Gasteiger partial charge in [-0.1, -0.05) is 11.6 Å². The molecule has 5 rings (SSSR count). The molecule has 0 atom stereocenters. The largest absolute Gasteiger partial charge is 0.433 e. The second kappa shape index (κ2) is 7.79. The van der Waals surface area contributed by atoms with Crippen molar-refractivity contribution in [3.05, 3.63) is 29.8 Å². The first-order chi connectivity index (χ1) is 14.5. The number of nitrogens with zero attached hydrogens (tertiary/aromatic N) is 6. The quantitative estimate of drug-likeness (QED) is 0.702. The molecule has 162 valence electrons. The summed E-state index contributed by atoms with van der Waals surface area (Å²) in [5.74, 6) is 2.30. The Kier molecular flexibility index (Phi) is 5.12. The molecule has 3 aliphatic rings. The van der Waals surface area contributed by atoms with Crippen LogP contribution < -0.4 is 4.90 Å². The van der Waals surface area contributed by atoms with Gasteiger partial charge in [0.15, 0.2) is 5.82 Å². The van der Waals surface area contributed by atoms with Gasteiger partial charge in [0.25, 0.3) is 0 Å². The third-order valence-electron chi connectivity index (χ3n) is 6.40. The third kappa shape index (κ3) is 4.14. The Balaban J connectivity index is 1.22. The Bertz CT molecular complexity index is 871. The molecule has 1 saturated heterocycles. The highest BCUT2D eigenvalue weighted by atomic mass is 19.4. The highest BCUT2D eigenvalue weighted by Gasteiger charge is 2.39. The maximum Gasteiger partial charge on any atom is 0.433 e. The summed E-state index contributed by atoms with van der Waals surface area (Å²) in [6.45, 7) is 2.34. The highest BCUT2D eigenvalue weighted by molar-refractivity contribution is 5.44. The predicted molar refractivity (Wildman–Crippen MR) is 102 cm³/mol. The summed E-state index contributed by atoms with van der Waals surface area (Å²) < 4.78 is 44.7. The van der Waals surface area contributed by atoms with E-state index in [-0.39, 0.29) is 12.1 Å². The predicted octanol–water partition coefficient (Wildman–Crippen LogP) is 3.78. The van der Waals surface area contributed by atoms with E-state index in [1.165, 1.54) is 6.42 Å². The van der Waals surface area contributed by atoms with Crippen molar-refractivity contribution in [3.8, 4) is 0 Å². The smallest absolute Gasteiger partial charge is 0.350 e. The monoisotopic (exact) mass is 422 g/mol. The molecule has 2 aromatic heterocycles. The topological polar surface area (TPSA) is 71.2 Å². The number of aromatic nitrogens is 4. The van der Waals surface area contributed by atoms with Gasteiger partial charge in [-0.15, -0.1) is 0 Å². The Morgan fingerprint density at radius 1 is 1.03 bits per heavy atom. The molecule has 3 heterocycles. The maximum absolute atomic E-state index is 13.1. The van der Waals surface area contributed by atoms with E-state index < -0.39 is 11.9 Å². The van der Waals surface area contributed by atoms with Crippen LogP contribution in [0.3, 0.4) is 0 Å². The van der Waals surface area contributed by atoms with Crippen LogP contribution in [0, 0.1) is 0 Å². The minimum absolute atomic E-state index is 0.181. The number of piperidine rings is 1. The SMILES string of the molecule is FC(F)(F)c1cc(N(C2CC2)C2CCN(Cc3noc(C4CCC4)n3)CC2)ncn1. The molecule has 0 amide bonds. The second-order valence-corrected chi connectivity index (χ2v) is 8.58. The lowest BCUT2D eigenvalue weighted by Crippen LogP contribution is -2.46. The van der Waals surface area contributed by atoms with Crippen molar-refractivity contribution in [3.63, 3.8) is 0 Å². The zero-order chi connectivity index (χ0) is 20.7. The molecule has 30 heavy (non-hydrogen) atoms. The first kappa shape index (κ1) is 19.7. The number of halogens is 3. The van der Waals surface area contributed by atoms with E-state index in [9.17, 15) is 13.2 Å². The molecule has 10 heteroatoms. The summed E-state index contributed by atoms with van der Waals surface area (Å²) in [6, 6.07) is 1.55. The Hall–Kier alpha value is -2.23. The van der Waals surface area contributed by atoms with Crippen LogP contribution in [-0.4, -0.2) is 50.2 Å². The first-order valence-electron chi connectivity index (χ1n) is 10.7. The molecule has 0 spiro atoms. The summed E-state index contributed by atoms with van der Waals surface area (Å²) in [5.41, 5.74) is -0.880. The van der Waals surface area contributed by atoms with Gasteiger partial charge in [-0.05, 0) is 38.5 Å². The fraction of sp³-hybridized carbons (Fsp3) is 0.700. The lowest BCUT2D eigenvalue weighted by atomic mass is 9.85. The van der Waals surface area contributed by atoms with Crippen molar-refractivity contribution in [2.45, 2.75) is 75.7 Å². The molecule has 2 aliphatic carbocycles. The van der Waals surface area contributed by atoms with Gasteiger partial charge in [-0.2, -0.15) is 18.2 Å². The van der Waals surface area contributed by atoms with Crippen molar-refractivity contribution >= 4 is 5.82 Å². The summed E-state index contributed by atoms with van der Waals surface area (Å²) >= 11 is 0. The molecule has 0 radical (unpaired) electrons. The van der Waals surface area contributed by atoms with Crippen LogP contribution in [0.1, 0.15) is 68.3 Å². The van der Waals surface area contributed by atoms with Crippen molar-refractivity contribution < 1.29 is 17.7 Å². The van der Waals surface area contributed by atoms with Gasteiger partial charge >= 0.3 is 6.18 Å². The van der Waals surface area contributed by atoms with Crippen LogP contribution in [0.5, 0.6) is 0 Å². The molecule has 0 bridgehead atoms. The number of likely N-dealkylation sites (tertiary alicyclic amines) is 1. The van der Waals surface area contributed by atoms with Gasteiger partial charge in [-0.3, -0.25) is 4.90 Å². The highest BCUT2D eigenvalue weighted by Crippen LogP contribution is 2.38. The standard InChI is InChI=1S/C20H25F3N6O/c21-20(22,23)16-10-18(25-12-24-16)29(14-4-5-14)15-6-8-28(9-7-15)11-17-26-19(30-27-17)13-2-1-3-13/h10,12-15H,1-9,11H2.